The summed E-state index contributed by atoms with van der Waals surface area (Å²) in [6, 6.07) is 8.58. The lowest BCUT2D eigenvalue weighted by Gasteiger charge is -2.00. The summed E-state index contributed by atoms with van der Waals surface area (Å²) in [5.41, 5.74) is 0.407. The van der Waals surface area contributed by atoms with Crippen molar-refractivity contribution in [3.63, 3.8) is 0 Å². The monoisotopic (exact) mass is 231 g/mol. The Labute approximate surface area is 97.2 Å². The van der Waals surface area contributed by atoms with Crippen LogP contribution in [-0.4, -0.2) is 11.9 Å². The third-order valence-electron chi connectivity index (χ3n) is 2.11. The van der Waals surface area contributed by atoms with Gasteiger partial charge in [-0.3, -0.25) is 0 Å². The summed E-state index contributed by atoms with van der Waals surface area (Å²) in [6.45, 7) is 2.46. The molecule has 0 aliphatic rings. The maximum Gasteiger partial charge on any atom is 0.340 e. The third-order valence-corrected chi connectivity index (χ3v) is 2.11. The first-order valence-electron chi connectivity index (χ1n) is 4.98. The van der Waals surface area contributed by atoms with Crippen molar-refractivity contribution >= 4 is 0 Å². The molecule has 86 valence electrons. The average Bonchev–Trinajstić information content (AvgIpc) is 2.72. The van der Waals surface area contributed by atoms with E-state index in [1.54, 1.807) is 30.3 Å². The standard InChI is InChI=1S/C11H9N3O3/c1-2-16-9-5-3-8(4-6-9)14-10(7-12)11(15)17-13-14/h3-6H,2H2,1H3. The fourth-order valence-corrected chi connectivity index (χ4v) is 1.37. The van der Waals surface area contributed by atoms with Gasteiger partial charge in [-0.1, -0.05) is 0 Å². The SMILES string of the molecule is CCOc1ccc(-[n+]2noc([O-])c2C#N)cc1. The first kappa shape index (κ1) is 11.0. The van der Waals surface area contributed by atoms with E-state index in [1.165, 1.54) is 0 Å². The minimum absolute atomic E-state index is 0.158. The van der Waals surface area contributed by atoms with Gasteiger partial charge >= 0.3 is 5.69 Å². The molecular weight excluding hydrogens is 222 g/mol. The molecule has 0 bridgehead atoms. The molecule has 1 heterocycles. The fraction of sp³-hybridized carbons (Fsp3) is 0.182. The molecule has 6 heteroatoms. The van der Waals surface area contributed by atoms with Gasteiger partial charge in [-0.15, -0.1) is 0 Å². The molecule has 17 heavy (non-hydrogen) atoms. The minimum atomic E-state index is -0.749. The Morgan fingerprint density at radius 2 is 2.18 bits per heavy atom. The molecule has 2 aromatic rings. The molecule has 0 amide bonds. The van der Waals surface area contributed by atoms with E-state index in [0.29, 0.717) is 18.0 Å². The largest absolute Gasteiger partial charge is 0.538 e. The van der Waals surface area contributed by atoms with E-state index in [9.17, 15) is 5.11 Å². The lowest BCUT2D eigenvalue weighted by molar-refractivity contribution is -0.672. The summed E-state index contributed by atoms with van der Waals surface area (Å²) >= 11 is 0. The van der Waals surface area contributed by atoms with Gasteiger partial charge in [0.05, 0.1) is 11.9 Å². The summed E-state index contributed by atoms with van der Waals surface area (Å²) in [6.07, 6.45) is 0. The van der Waals surface area contributed by atoms with E-state index in [1.807, 2.05) is 6.92 Å². The molecule has 0 spiro atoms. The van der Waals surface area contributed by atoms with Crippen molar-refractivity contribution in [3.8, 4) is 23.5 Å². The van der Waals surface area contributed by atoms with Gasteiger partial charge in [0.25, 0.3) is 0 Å². The molecule has 6 nitrogen and oxygen atoms in total. The van der Waals surface area contributed by atoms with E-state index in [-0.39, 0.29) is 5.69 Å². The van der Waals surface area contributed by atoms with Crippen molar-refractivity contribution in [2.45, 2.75) is 6.92 Å². The Morgan fingerprint density at radius 3 is 2.76 bits per heavy atom. The number of hydrogen-bond donors (Lipinski definition) is 0. The smallest absolute Gasteiger partial charge is 0.340 e. The Hall–Kier alpha value is -2.55. The van der Waals surface area contributed by atoms with Crippen molar-refractivity contribution in [2.24, 2.45) is 0 Å². The van der Waals surface area contributed by atoms with Gasteiger partial charge in [0, 0.05) is 12.1 Å². The minimum Gasteiger partial charge on any atom is -0.538 e. The van der Waals surface area contributed by atoms with Crippen LogP contribution in [0.3, 0.4) is 0 Å². The number of nitriles is 1. The molecule has 1 aromatic heterocycles. The van der Waals surface area contributed by atoms with Crippen LogP contribution in [-0.2, 0) is 0 Å². The Balaban J connectivity index is 2.37. The highest BCUT2D eigenvalue weighted by molar-refractivity contribution is 5.32. The van der Waals surface area contributed by atoms with Crippen LogP contribution in [0.5, 0.6) is 11.7 Å². The molecule has 0 saturated carbocycles. The second-order valence-corrected chi connectivity index (χ2v) is 3.16. The molecule has 0 saturated heterocycles. The van der Waals surface area contributed by atoms with Crippen LogP contribution in [0.25, 0.3) is 5.69 Å². The first-order chi connectivity index (χ1) is 8.26. The van der Waals surface area contributed by atoms with E-state index in [0.717, 1.165) is 4.68 Å². The van der Waals surface area contributed by atoms with E-state index in [2.05, 4.69) is 9.79 Å². The Bertz CT molecular complexity index is 554. The summed E-state index contributed by atoms with van der Waals surface area (Å²) in [7, 11) is 0. The highest BCUT2D eigenvalue weighted by Gasteiger charge is 2.19. The highest BCUT2D eigenvalue weighted by Crippen LogP contribution is 2.13. The molecular formula is C11H9N3O3. The van der Waals surface area contributed by atoms with Crippen molar-refractivity contribution in [1.29, 1.82) is 5.26 Å². The Morgan fingerprint density at radius 1 is 1.47 bits per heavy atom. The van der Waals surface area contributed by atoms with E-state index in [4.69, 9.17) is 10.00 Å². The maximum atomic E-state index is 11.1. The summed E-state index contributed by atoms with van der Waals surface area (Å²) in [5.74, 6) is -0.0393. The zero-order valence-corrected chi connectivity index (χ0v) is 9.08. The fourth-order valence-electron chi connectivity index (χ4n) is 1.37. The summed E-state index contributed by atoms with van der Waals surface area (Å²) in [5, 5.41) is 23.4. The molecule has 0 aliphatic heterocycles. The number of rotatable bonds is 3. The normalized spacial score (nSPS) is 9.88. The van der Waals surface area contributed by atoms with Crippen molar-refractivity contribution in [2.75, 3.05) is 6.61 Å². The predicted octanol–water partition coefficient (Wildman–Crippen LogP) is 0.295. The third kappa shape index (κ3) is 2.03. The van der Waals surface area contributed by atoms with Crippen LogP contribution in [0.1, 0.15) is 12.6 Å². The zero-order valence-electron chi connectivity index (χ0n) is 9.08. The molecule has 0 atom stereocenters. The van der Waals surface area contributed by atoms with Gasteiger partial charge in [0.15, 0.2) is 12.0 Å². The predicted molar refractivity (Wildman–Crippen MR) is 53.4 cm³/mol. The van der Waals surface area contributed by atoms with Gasteiger partial charge in [0.2, 0.25) is 5.69 Å². The zero-order chi connectivity index (χ0) is 12.3. The number of benzene rings is 1. The number of ether oxygens (including phenoxy) is 1. The summed E-state index contributed by atoms with van der Waals surface area (Å²) < 4.78 is 10.9. The van der Waals surface area contributed by atoms with Crippen LogP contribution in [0.2, 0.25) is 0 Å². The van der Waals surface area contributed by atoms with Crippen molar-refractivity contribution < 1.29 is 19.0 Å². The van der Waals surface area contributed by atoms with Crippen LogP contribution in [0, 0.1) is 11.3 Å². The number of nitrogens with zero attached hydrogens (tertiary/aromatic N) is 3. The molecule has 1 aromatic carbocycles. The van der Waals surface area contributed by atoms with Gasteiger partial charge < -0.3 is 14.4 Å². The summed E-state index contributed by atoms with van der Waals surface area (Å²) in [4.78, 5) is 0. The maximum absolute atomic E-state index is 11.1. The quantitative estimate of drug-likeness (QED) is 0.709. The van der Waals surface area contributed by atoms with Crippen LogP contribution < -0.4 is 14.5 Å². The highest BCUT2D eigenvalue weighted by atomic mass is 16.6. The first-order valence-corrected chi connectivity index (χ1v) is 4.98. The van der Waals surface area contributed by atoms with Gasteiger partial charge in [-0.25, -0.2) is 0 Å². The van der Waals surface area contributed by atoms with Crippen molar-refractivity contribution in [1.82, 2.24) is 5.27 Å². The second kappa shape index (κ2) is 4.53. The Kier molecular flexibility index (Phi) is 2.92. The van der Waals surface area contributed by atoms with Crippen molar-refractivity contribution in [3.05, 3.63) is 30.0 Å². The average molecular weight is 231 g/mol. The lowest BCUT2D eigenvalue weighted by atomic mass is 10.3. The molecule has 0 unspecified atom stereocenters. The van der Waals surface area contributed by atoms with Crippen LogP contribution in [0.15, 0.2) is 28.8 Å². The van der Waals surface area contributed by atoms with Crippen LogP contribution in [0.4, 0.5) is 0 Å². The number of aromatic nitrogens is 2. The second-order valence-electron chi connectivity index (χ2n) is 3.16. The molecule has 0 radical (unpaired) electrons. The molecule has 0 N–H and O–H groups in total. The topological polar surface area (TPSA) is 86.0 Å². The van der Waals surface area contributed by atoms with E-state index >= 15 is 0 Å². The molecule has 0 fully saturated rings. The van der Waals surface area contributed by atoms with Gasteiger partial charge in [-0.05, 0) is 23.7 Å². The number of hydrogen-bond acceptors (Lipinski definition) is 5. The molecule has 0 aliphatic carbocycles. The van der Waals surface area contributed by atoms with Crippen LogP contribution >= 0.6 is 0 Å². The lowest BCUT2D eigenvalue weighted by Crippen LogP contribution is -2.35. The van der Waals surface area contributed by atoms with E-state index < -0.39 is 5.95 Å². The van der Waals surface area contributed by atoms with Gasteiger partial charge in [-0.2, -0.15) is 5.26 Å². The molecule has 2 rings (SSSR count). The van der Waals surface area contributed by atoms with Gasteiger partial charge in [0.1, 0.15) is 5.75 Å².